The number of ether oxygens (including phenoxy) is 1. The molecule has 7 heteroatoms. The summed E-state index contributed by atoms with van der Waals surface area (Å²) in [6.45, 7) is 11.0. The predicted molar refractivity (Wildman–Crippen MR) is 112 cm³/mol. The average Bonchev–Trinajstić information content (AvgIpc) is 3.15. The Labute approximate surface area is 174 Å². The number of nitrogens with one attached hydrogen (secondary N) is 1. The Kier molecular flexibility index (Phi) is 7.95. The molecule has 0 saturated carbocycles. The number of nitrogens with zero attached hydrogens (tertiary/aromatic N) is 2. The molecule has 3 aliphatic rings. The van der Waals surface area contributed by atoms with E-state index in [0.717, 1.165) is 51.4 Å². The van der Waals surface area contributed by atoms with E-state index in [1.165, 1.54) is 5.56 Å². The van der Waals surface area contributed by atoms with E-state index in [-0.39, 0.29) is 42.9 Å². The van der Waals surface area contributed by atoms with Gasteiger partial charge in [0.05, 0.1) is 12.2 Å². The van der Waals surface area contributed by atoms with E-state index in [9.17, 15) is 4.79 Å². The zero-order valence-electron chi connectivity index (χ0n) is 16.1. The summed E-state index contributed by atoms with van der Waals surface area (Å²) in [5.41, 5.74) is 2.08. The van der Waals surface area contributed by atoms with Crippen molar-refractivity contribution in [1.29, 1.82) is 0 Å². The Hall–Kier alpha value is -0.850. The summed E-state index contributed by atoms with van der Waals surface area (Å²) in [4.78, 5) is 17.2. The van der Waals surface area contributed by atoms with Crippen molar-refractivity contribution in [2.75, 3.05) is 39.3 Å². The van der Waals surface area contributed by atoms with Crippen molar-refractivity contribution in [3.05, 3.63) is 35.4 Å². The third kappa shape index (κ3) is 5.15. The lowest BCUT2D eigenvalue weighted by Gasteiger charge is -2.35. The van der Waals surface area contributed by atoms with Gasteiger partial charge in [0.2, 0.25) is 0 Å². The summed E-state index contributed by atoms with van der Waals surface area (Å²) in [6, 6.07) is 8.21. The standard InChI is InChI=1S/C20H29N3O2.2ClH/c1-14-9-22(10-15(2)25-14)11-16-3-5-17(6-4-16)20(24)23-12-18-7-21-8-19(18)13-23;;/h3-6,14-15,18-19,21H,7-13H2,1-2H3;2*1H/t14?,15?,18-,19+;;. The van der Waals surface area contributed by atoms with Crippen LogP contribution in [0.5, 0.6) is 0 Å². The molecule has 3 aliphatic heterocycles. The van der Waals surface area contributed by atoms with Crippen molar-refractivity contribution in [2.45, 2.75) is 32.6 Å². The maximum Gasteiger partial charge on any atom is 0.253 e. The summed E-state index contributed by atoms with van der Waals surface area (Å²) < 4.78 is 5.80. The molecule has 3 fully saturated rings. The molecule has 0 aromatic heterocycles. The number of rotatable bonds is 3. The van der Waals surface area contributed by atoms with Crippen LogP contribution in [0, 0.1) is 11.8 Å². The predicted octanol–water partition coefficient (Wildman–Crippen LogP) is 2.43. The minimum Gasteiger partial charge on any atom is -0.373 e. The first-order chi connectivity index (χ1) is 12.1. The number of halogens is 2. The van der Waals surface area contributed by atoms with Gasteiger partial charge in [-0.3, -0.25) is 9.69 Å². The molecule has 4 rings (SSSR count). The maximum atomic E-state index is 12.7. The van der Waals surface area contributed by atoms with Crippen molar-refractivity contribution in [1.82, 2.24) is 15.1 Å². The normalized spacial score (nSPS) is 30.4. The van der Waals surface area contributed by atoms with Gasteiger partial charge < -0.3 is 15.0 Å². The fourth-order valence-electron chi connectivity index (χ4n) is 4.63. The van der Waals surface area contributed by atoms with Gasteiger partial charge in [-0.2, -0.15) is 0 Å². The summed E-state index contributed by atoms with van der Waals surface area (Å²) in [6.07, 6.45) is 0.572. The fourth-order valence-corrected chi connectivity index (χ4v) is 4.63. The molecule has 1 N–H and O–H groups in total. The van der Waals surface area contributed by atoms with Crippen LogP contribution in [0.4, 0.5) is 0 Å². The number of morpholine rings is 1. The largest absolute Gasteiger partial charge is 0.373 e. The van der Waals surface area contributed by atoms with Crippen LogP contribution in [0.1, 0.15) is 29.8 Å². The van der Waals surface area contributed by atoms with E-state index in [0.29, 0.717) is 11.8 Å². The van der Waals surface area contributed by atoms with Crippen molar-refractivity contribution in [3.8, 4) is 0 Å². The lowest BCUT2D eigenvalue weighted by Crippen LogP contribution is -2.44. The second kappa shape index (κ2) is 9.57. The molecule has 3 saturated heterocycles. The highest BCUT2D eigenvalue weighted by molar-refractivity contribution is 5.94. The van der Waals surface area contributed by atoms with Crippen molar-refractivity contribution < 1.29 is 9.53 Å². The van der Waals surface area contributed by atoms with E-state index < -0.39 is 0 Å². The minimum absolute atomic E-state index is 0. The van der Waals surface area contributed by atoms with Gasteiger partial charge in [-0.15, -0.1) is 24.8 Å². The minimum atomic E-state index is 0. The van der Waals surface area contributed by atoms with Crippen LogP contribution in [0.25, 0.3) is 0 Å². The van der Waals surface area contributed by atoms with Gasteiger partial charge in [0.1, 0.15) is 0 Å². The number of amides is 1. The number of hydrogen-bond donors (Lipinski definition) is 1. The molecule has 1 aromatic rings. The monoisotopic (exact) mass is 415 g/mol. The average molecular weight is 416 g/mol. The maximum absolute atomic E-state index is 12.7. The number of likely N-dealkylation sites (tertiary alicyclic amines) is 1. The molecule has 1 aromatic carbocycles. The molecule has 2 unspecified atom stereocenters. The van der Waals surface area contributed by atoms with Crippen molar-refractivity contribution in [3.63, 3.8) is 0 Å². The van der Waals surface area contributed by atoms with Crippen molar-refractivity contribution >= 4 is 30.7 Å². The van der Waals surface area contributed by atoms with Crippen LogP contribution in [0.3, 0.4) is 0 Å². The molecule has 1 amide bonds. The molecule has 4 atom stereocenters. The quantitative estimate of drug-likeness (QED) is 0.822. The topological polar surface area (TPSA) is 44.8 Å². The van der Waals surface area contributed by atoms with Crippen LogP contribution in [0.15, 0.2) is 24.3 Å². The third-order valence-electron chi connectivity index (χ3n) is 5.78. The first-order valence-electron chi connectivity index (χ1n) is 9.55. The number of carbonyl (C=O) groups excluding carboxylic acids is 1. The molecule has 0 radical (unpaired) electrons. The Balaban J connectivity index is 0.00000131. The number of benzene rings is 1. The first kappa shape index (κ1) is 22.4. The Morgan fingerprint density at radius 2 is 1.56 bits per heavy atom. The van der Waals surface area contributed by atoms with Gasteiger partial charge >= 0.3 is 0 Å². The first-order valence-corrected chi connectivity index (χ1v) is 9.55. The smallest absolute Gasteiger partial charge is 0.253 e. The van der Waals surface area contributed by atoms with E-state index in [2.05, 4.69) is 36.2 Å². The molecule has 0 aliphatic carbocycles. The highest BCUT2D eigenvalue weighted by Crippen LogP contribution is 2.27. The molecular formula is C20H31Cl2N3O2. The fraction of sp³-hybridized carbons (Fsp3) is 0.650. The summed E-state index contributed by atoms with van der Waals surface area (Å²) in [5.74, 6) is 1.48. The molecule has 0 bridgehead atoms. The second-order valence-corrected chi connectivity index (χ2v) is 8.04. The zero-order valence-corrected chi connectivity index (χ0v) is 17.7. The van der Waals surface area contributed by atoms with Gasteiger partial charge in [0, 0.05) is 51.4 Å². The number of carbonyl (C=O) groups is 1. The number of hydrogen-bond acceptors (Lipinski definition) is 4. The summed E-state index contributed by atoms with van der Waals surface area (Å²) >= 11 is 0. The van der Waals surface area contributed by atoms with Gasteiger partial charge in [0.15, 0.2) is 0 Å². The van der Waals surface area contributed by atoms with E-state index in [4.69, 9.17) is 4.74 Å². The van der Waals surface area contributed by atoms with Gasteiger partial charge in [-0.1, -0.05) is 12.1 Å². The van der Waals surface area contributed by atoms with Gasteiger partial charge in [-0.25, -0.2) is 0 Å². The van der Waals surface area contributed by atoms with Gasteiger partial charge in [0.25, 0.3) is 5.91 Å². The lowest BCUT2D eigenvalue weighted by molar-refractivity contribution is -0.0704. The van der Waals surface area contributed by atoms with Crippen LogP contribution in [-0.4, -0.2) is 67.2 Å². The third-order valence-corrected chi connectivity index (χ3v) is 5.78. The molecule has 3 heterocycles. The lowest BCUT2D eigenvalue weighted by atomic mass is 10.0. The van der Waals surface area contributed by atoms with E-state index >= 15 is 0 Å². The zero-order chi connectivity index (χ0) is 17.4. The van der Waals surface area contributed by atoms with E-state index in [1.54, 1.807) is 0 Å². The SMILES string of the molecule is CC1CN(Cc2ccc(C(=O)N3C[C@H]4CNC[C@H]4C3)cc2)CC(C)O1.Cl.Cl. The second-order valence-electron chi connectivity index (χ2n) is 8.04. The van der Waals surface area contributed by atoms with Crippen LogP contribution >= 0.6 is 24.8 Å². The Morgan fingerprint density at radius 3 is 2.11 bits per heavy atom. The highest BCUT2D eigenvalue weighted by Gasteiger charge is 2.38. The Morgan fingerprint density at radius 1 is 1.00 bits per heavy atom. The number of fused-ring (bicyclic) bond motifs is 1. The summed E-state index contributed by atoms with van der Waals surface area (Å²) in [7, 11) is 0. The molecule has 27 heavy (non-hydrogen) atoms. The summed E-state index contributed by atoms with van der Waals surface area (Å²) in [5, 5.41) is 3.42. The van der Waals surface area contributed by atoms with E-state index in [1.807, 2.05) is 17.0 Å². The molecule has 0 spiro atoms. The molecular weight excluding hydrogens is 385 g/mol. The van der Waals surface area contributed by atoms with Gasteiger partial charge in [-0.05, 0) is 43.4 Å². The van der Waals surface area contributed by atoms with Crippen molar-refractivity contribution in [2.24, 2.45) is 11.8 Å². The Bertz CT molecular complexity index is 606. The van der Waals surface area contributed by atoms with Crippen LogP contribution in [-0.2, 0) is 11.3 Å². The van der Waals surface area contributed by atoms with Crippen LogP contribution < -0.4 is 5.32 Å². The molecule has 152 valence electrons. The highest BCUT2D eigenvalue weighted by atomic mass is 35.5. The van der Waals surface area contributed by atoms with Crippen LogP contribution in [0.2, 0.25) is 0 Å². The molecule has 5 nitrogen and oxygen atoms in total.